The predicted molar refractivity (Wildman–Crippen MR) is 469 cm³/mol. The summed E-state index contributed by atoms with van der Waals surface area (Å²) in [7, 11) is -9.94. The molecule has 0 aromatic rings. The molecule has 17 nitrogen and oxygen atoms in total. The lowest BCUT2D eigenvalue weighted by Crippen LogP contribution is -2.30. The number of ether oxygens (including phenoxy) is 4. The van der Waals surface area contributed by atoms with E-state index in [0.29, 0.717) is 25.7 Å². The molecule has 0 rings (SSSR count). The maximum atomic E-state index is 13.2. The van der Waals surface area contributed by atoms with Gasteiger partial charge in [0.1, 0.15) is 19.3 Å². The number of aliphatic hydroxyl groups is 1. The number of hydrogen-bond donors (Lipinski definition) is 3. The zero-order valence-corrected chi connectivity index (χ0v) is 76.5. The Morgan fingerprint density at radius 3 is 0.628 bits per heavy atom. The van der Waals surface area contributed by atoms with Crippen LogP contribution in [0.4, 0.5) is 0 Å². The van der Waals surface area contributed by atoms with Crippen LogP contribution in [-0.2, 0) is 65.4 Å². The van der Waals surface area contributed by atoms with Gasteiger partial charge in [-0.15, -0.1) is 0 Å². The van der Waals surface area contributed by atoms with E-state index < -0.39 is 97.5 Å². The lowest BCUT2D eigenvalue weighted by Gasteiger charge is -2.21. The summed E-state index contributed by atoms with van der Waals surface area (Å²) in [5.74, 6) is -0.471. The third-order valence-electron chi connectivity index (χ3n) is 22.9. The van der Waals surface area contributed by atoms with Crippen LogP contribution in [0.1, 0.15) is 510 Å². The Bertz CT molecular complexity index is 2150. The highest BCUT2D eigenvalue weighted by atomic mass is 31.2. The SMILES string of the molecule is CCCCCCCCCCCCCCCCCCCCCCCCC(=O)O[C@H](COC(=O)CCCCCCCCCCCCCCCCCCCCCCC)COP(=O)(O)OC[C@@H](O)COP(=O)(O)OC[C@@H](COC(=O)CCCCCCCCCCC(C)CC)OC(=O)CCCCCCCCCCCCCCCCC(C)CC. The van der Waals surface area contributed by atoms with Gasteiger partial charge in [-0.05, 0) is 37.5 Å². The number of aliphatic hydroxyl groups excluding tert-OH is 1. The van der Waals surface area contributed by atoms with E-state index >= 15 is 0 Å². The second kappa shape index (κ2) is 85.1. The maximum absolute atomic E-state index is 13.2. The molecular formula is C94H184O17P2. The largest absolute Gasteiger partial charge is 0.472 e. The fourth-order valence-corrected chi connectivity index (χ4v) is 16.3. The van der Waals surface area contributed by atoms with Gasteiger partial charge in [-0.25, -0.2) is 9.13 Å². The van der Waals surface area contributed by atoms with Gasteiger partial charge >= 0.3 is 39.5 Å². The minimum absolute atomic E-state index is 0.108. The Kier molecular flexibility index (Phi) is 83.6. The number of phosphoric ester groups is 2. The van der Waals surface area contributed by atoms with E-state index in [1.807, 2.05) is 0 Å². The summed E-state index contributed by atoms with van der Waals surface area (Å²) in [6, 6.07) is 0. The molecule has 3 N–H and O–H groups in total. The van der Waals surface area contributed by atoms with Gasteiger partial charge in [0.15, 0.2) is 12.2 Å². The van der Waals surface area contributed by atoms with Crippen molar-refractivity contribution in [3.05, 3.63) is 0 Å². The average molecular weight is 1650 g/mol. The molecule has 0 saturated heterocycles. The lowest BCUT2D eigenvalue weighted by molar-refractivity contribution is -0.161. The number of unbranched alkanes of at least 4 members (excludes halogenated alkanes) is 61. The molecule has 0 amide bonds. The minimum Gasteiger partial charge on any atom is -0.462 e. The van der Waals surface area contributed by atoms with Crippen molar-refractivity contribution in [3.63, 3.8) is 0 Å². The van der Waals surface area contributed by atoms with Crippen molar-refractivity contribution < 1.29 is 80.2 Å². The van der Waals surface area contributed by atoms with Gasteiger partial charge in [0, 0.05) is 25.7 Å². The molecule has 113 heavy (non-hydrogen) atoms. The summed E-state index contributed by atoms with van der Waals surface area (Å²) in [5, 5.41) is 10.7. The van der Waals surface area contributed by atoms with E-state index in [4.69, 9.17) is 37.0 Å². The molecule has 19 heteroatoms. The summed E-state index contributed by atoms with van der Waals surface area (Å²) in [4.78, 5) is 73.5. The molecule has 0 spiro atoms. The van der Waals surface area contributed by atoms with Gasteiger partial charge in [0.2, 0.25) is 0 Å². The minimum atomic E-state index is -4.97. The van der Waals surface area contributed by atoms with Crippen molar-refractivity contribution in [1.82, 2.24) is 0 Å². The summed E-state index contributed by atoms with van der Waals surface area (Å²) in [5.41, 5.74) is 0. The summed E-state index contributed by atoms with van der Waals surface area (Å²) in [6.07, 6.45) is 80.7. The van der Waals surface area contributed by atoms with Gasteiger partial charge in [-0.3, -0.25) is 37.3 Å². The molecule has 672 valence electrons. The molecule has 0 aliphatic heterocycles. The molecule has 0 aromatic heterocycles. The molecule has 0 aromatic carbocycles. The van der Waals surface area contributed by atoms with Crippen LogP contribution in [-0.4, -0.2) is 96.7 Å². The average Bonchev–Trinajstić information content (AvgIpc) is 0.896. The van der Waals surface area contributed by atoms with Gasteiger partial charge < -0.3 is 33.8 Å². The van der Waals surface area contributed by atoms with Crippen LogP contribution in [0, 0.1) is 11.8 Å². The number of rotatable bonds is 93. The Balaban J connectivity index is 5.24. The van der Waals surface area contributed by atoms with Gasteiger partial charge in [-0.1, -0.05) is 459 Å². The number of hydrogen-bond acceptors (Lipinski definition) is 15. The normalized spacial score (nSPS) is 14.2. The first-order valence-corrected chi connectivity index (χ1v) is 51.6. The molecular weight excluding hydrogens is 1460 g/mol. The third-order valence-corrected chi connectivity index (χ3v) is 24.8. The molecule has 0 aliphatic carbocycles. The number of phosphoric acid groups is 2. The molecule has 0 aliphatic rings. The quantitative estimate of drug-likeness (QED) is 0.0222. The van der Waals surface area contributed by atoms with Crippen LogP contribution >= 0.6 is 15.6 Å². The zero-order valence-electron chi connectivity index (χ0n) is 74.7. The molecule has 0 bridgehead atoms. The highest BCUT2D eigenvalue weighted by molar-refractivity contribution is 7.47. The van der Waals surface area contributed by atoms with Crippen LogP contribution in [0.15, 0.2) is 0 Å². The first kappa shape index (κ1) is 111. The van der Waals surface area contributed by atoms with Gasteiger partial charge in [0.25, 0.3) is 0 Å². The van der Waals surface area contributed by atoms with Gasteiger partial charge in [0.05, 0.1) is 26.4 Å². The molecule has 7 atom stereocenters. The van der Waals surface area contributed by atoms with E-state index in [0.717, 1.165) is 102 Å². The van der Waals surface area contributed by atoms with Crippen molar-refractivity contribution in [1.29, 1.82) is 0 Å². The predicted octanol–water partition coefficient (Wildman–Crippen LogP) is 29.4. The monoisotopic (exact) mass is 1650 g/mol. The molecule has 0 fully saturated rings. The van der Waals surface area contributed by atoms with Crippen LogP contribution in [0.2, 0.25) is 0 Å². The summed E-state index contributed by atoms with van der Waals surface area (Å²) >= 11 is 0. The Morgan fingerprint density at radius 2 is 0.425 bits per heavy atom. The van der Waals surface area contributed by atoms with E-state index in [1.54, 1.807) is 0 Å². The first-order chi connectivity index (χ1) is 54.9. The van der Waals surface area contributed by atoms with Crippen molar-refractivity contribution >= 4 is 39.5 Å². The van der Waals surface area contributed by atoms with Crippen molar-refractivity contribution in [2.45, 2.75) is 529 Å². The zero-order chi connectivity index (χ0) is 82.7. The number of carbonyl (C=O) groups is 4. The molecule has 4 unspecified atom stereocenters. The van der Waals surface area contributed by atoms with Crippen molar-refractivity contribution in [3.8, 4) is 0 Å². The highest BCUT2D eigenvalue weighted by Gasteiger charge is 2.31. The van der Waals surface area contributed by atoms with E-state index in [2.05, 4.69) is 41.5 Å². The van der Waals surface area contributed by atoms with E-state index in [9.17, 15) is 43.2 Å². The molecule has 0 heterocycles. The molecule has 0 radical (unpaired) electrons. The fourth-order valence-electron chi connectivity index (χ4n) is 14.8. The fraction of sp³-hybridized carbons (Fsp3) is 0.957. The highest BCUT2D eigenvalue weighted by Crippen LogP contribution is 2.45. The van der Waals surface area contributed by atoms with Crippen LogP contribution < -0.4 is 0 Å². The Hall–Kier alpha value is -1.94. The van der Waals surface area contributed by atoms with Crippen LogP contribution in [0.3, 0.4) is 0 Å². The van der Waals surface area contributed by atoms with Crippen molar-refractivity contribution in [2.24, 2.45) is 11.8 Å². The molecule has 0 saturated carbocycles. The third kappa shape index (κ3) is 84.9. The van der Waals surface area contributed by atoms with E-state index in [1.165, 1.54) is 327 Å². The van der Waals surface area contributed by atoms with E-state index in [-0.39, 0.29) is 25.7 Å². The lowest BCUT2D eigenvalue weighted by atomic mass is 9.99. The smallest absolute Gasteiger partial charge is 0.462 e. The van der Waals surface area contributed by atoms with Gasteiger partial charge in [-0.2, -0.15) is 0 Å². The van der Waals surface area contributed by atoms with Crippen LogP contribution in [0.25, 0.3) is 0 Å². The van der Waals surface area contributed by atoms with Crippen LogP contribution in [0.5, 0.6) is 0 Å². The Morgan fingerprint density at radius 1 is 0.248 bits per heavy atom. The Labute approximate surface area is 696 Å². The topological polar surface area (TPSA) is 237 Å². The number of esters is 4. The summed E-state index contributed by atoms with van der Waals surface area (Å²) < 4.78 is 69.2. The maximum Gasteiger partial charge on any atom is 0.472 e. The standard InChI is InChI=1S/C94H184O17P2/c1-7-11-13-15-17-19-21-23-25-27-29-31-33-35-37-39-44-48-52-60-66-72-78-93(98)110-89(82-104-91(96)76-70-64-58-51-47-43-38-36-34-32-30-28-26-24-22-20-18-16-14-12-8-2)84-108-112(100,101)106-80-88(95)81-107-113(102,103)109-85-90(83-105-92(97)77-71-65-59-55-54-57-63-69-75-87(6)10-4)111-94(99)79-73-67-61-53-49-45-41-40-42-46-50-56-62-68-74-86(5)9-3/h86-90,95H,7-85H2,1-6H3,(H,100,101)(H,102,103)/t86?,87?,88-,89-,90-/m1/s1. The first-order valence-electron chi connectivity index (χ1n) is 48.6. The number of carbonyl (C=O) groups excluding carboxylic acids is 4. The van der Waals surface area contributed by atoms with Crippen molar-refractivity contribution in [2.75, 3.05) is 39.6 Å². The summed E-state index contributed by atoms with van der Waals surface area (Å²) in [6.45, 7) is 9.77. The second-order valence-electron chi connectivity index (χ2n) is 34.2. The second-order valence-corrected chi connectivity index (χ2v) is 37.1.